The van der Waals surface area contributed by atoms with Crippen molar-refractivity contribution in [3.8, 4) is 11.4 Å². The Morgan fingerprint density at radius 3 is 2.71 bits per heavy atom. The van der Waals surface area contributed by atoms with Crippen molar-refractivity contribution in [1.29, 1.82) is 0 Å². The van der Waals surface area contributed by atoms with Crippen LogP contribution < -0.4 is 4.74 Å². The molecule has 2 aromatic carbocycles. The van der Waals surface area contributed by atoms with Gasteiger partial charge >= 0.3 is 5.97 Å². The molecule has 0 aliphatic rings. The van der Waals surface area contributed by atoms with Crippen LogP contribution in [-0.4, -0.2) is 22.8 Å². The normalized spacial score (nSPS) is 10.8. The molecule has 1 heterocycles. The van der Waals surface area contributed by atoms with E-state index in [9.17, 15) is 4.79 Å². The van der Waals surface area contributed by atoms with Crippen LogP contribution in [0.25, 0.3) is 16.6 Å². The topological polar surface area (TPSA) is 51.5 Å². The lowest BCUT2D eigenvalue weighted by molar-refractivity contribution is 0.0697. The number of carbonyl (C=O) groups is 1. The summed E-state index contributed by atoms with van der Waals surface area (Å²) < 4.78 is 7.30. The number of fused-ring (bicyclic) bond motifs is 1. The van der Waals surface area contributed by atoms with Crippen molar-refractivity contribution < 1.29 is 14.6 Å². The fourth-order valence-electron chi connectivity index (χ4n) is 2.50. The molecule has 0 fully saturated rings. The maximum Gasteiger partial charge on any atom is 0.335 e. The minimum atomic E-state index is -0.912. The zero-order valence-corrected chi connectivity index (χ0v) is 11.8. The quantitative estimate of drug-likeness (QED) is 0.797. The zero-order chi connectivity index (χ0) is 15.0. The van der Waals surface area contributed by atoms with Gasteiger partial charge in [0.2, 0.25) is 0 Å². The number of methoxy groups -OCH3 is 1. The van der Waals surface area contributed by atoms with Gasteiger partial charge < -0.3 is 14.4 Å². The summed E-state index contributed by atoms with van der Waals surface area (Å²) in [6.07, 6.45) is 2.01. The molecule has 21 heavy (non-hydrogen) atoms. The molecule has 1 aromatic heterocycles. The Kier molecular flexibility index (Phi) is 3.14. The molecule has 0 atom stereocenters. The van der Waals surface area contributed by atoms with Crippen molar-refractivity contribution in [1.82, 2.24) is 4.57 Å². The molecule has 0 bridgehead atoms. The molecule has 3 rings (SSSR count). The molecule has 0 aliphatic carbocycles. The van der Waals surface area contributed by atoms with Crippen LogP contribution in [0.5, 0.6) is 5.75 Å². The molecule has 0 saturated heterocycles. The highest BCUT2D eigenvalue weighted by Gasteiger charge is 2.11. The van der Waals surface area contributed by atoms with Crippen LogP contribution in [0.2, 0.25) is 0 Å². The number of nitrogens with zero attached hydrogens (tertiary/aromatic N) is 1. The lowest BCUT2D eigenvalue weighted by Crippen LogP contribution is -1.96. The standard InChI is InChI=1S/C17H15NO3/c1-11-10-18(13-4-3-5-14(9-13)21-2)16-7-6-12(17(19)20)8-15(11)16/h3-10H,1-2H3,(H,19,20). The molecule has 0 amide bonds. The van der Waals surface area contributed by atoms with Gasteiger partial charge in [0.25, 0.3) is 0 Å². The van der Waals surface area contributed by atoms with Gasteiger partial charge in [0, 0.05) is 23.3 Å². The predicted molar refractivity (Wildman–Crippen MR) is 81.5 cm³/mol. The molecule has 4 heteroatoms. The Balaban J connectivity index is 2.21. The molecule has 0 radical (unpaired) electrons. The van der Waals surface area contributed by atoms with E-state index in [4.69, 9.17) is 9.84 Å². The minimum absolute atomic E-state index is 0.300. The molecule has 0 aliphatic heterocycles. The number of carboxylic acids is 1. The summed E-state index contributed by atoms with van der Waals surface area (Å²) in [5, 5.41) is 10.0. The number of rotatable bonds is 3. The fraction of sp³-hybridized carbons (Fsp3) is 0.118. The van der Waals surface area contributed by atoms with Gasteiger partial charge in [-0.05, 0) is 42.8 Å². The first-order valence-corrected chi connectivity index (χ1v) is 6.59. The van der Waals surface area contributed by atoms with E-state index < -0.39 is 5.97 Å². The first-order valence-electron chi connectivity index (χ1n) is 6.59. The lowest BCUT2D eigenvalue weighted by Gasteiger charge is -2.07. The second kappa shape index (κ2) is 4.98. The molecule has 3 aromatic rings. The van der Waals surface area contributed by atoms with E-state index in [0.29, 0.717) is 5.56 Å². The number of benzene rings is 2. The smallest absolute Gasteiger partial charge is 0.335 e. The third-order valence-corrected chi connectivity index (χ3v) is 3.58. The van der Waals surface area contributed by atoms with Gasteiger partial charge in [-0.2, -0.15) is 0 Å². The SMILES string of the molecule is COc1cccc(-n2cc(C)c3cc(C(=O)O)ccc32)c1. The summed E-state index contributed by atoms with van der Waals surface area (Å²) in [4.78, 5) is 11.1. The highest BCUT2D eigenvalue weighted by Crippen LogP contribution is 2.27. The summed E-state index contributed by atoms with van der Waals surface area (Å²) in [6, 6.07) is 12.9. The summed E-state index contributed by atoms with van der Waals surface area (Å²) in [6.45, 7) is 1.98. The van der Waals surface area contributed by atoms with Crippen LogP contribution in [0.1, 0.15) is 15.9 Å². The second-order valence-corrected chi connectivity index (χ2v) is 4.92. The summed E-state index contributed by atoms with van der Waals surface area (Å²) in [5.74, 6) is -0.125. The van der Waals surface area contributed by atoms with Crippen molar-refractivity contribution in [2.24, 2.45) is 0 Å². The van der Waals surface area contributed by atoms with Gasteiger partial charge in [-0.25, -0.2) is 4.79 Å². The minimum Gasteiger partial charge on any atom is -0.497 e. The number of hydrogen-bond donors (Lipinski definition) is 1. The first-order chi connectivity index (χ1) is 10.1. The van der Waals surface area contributed by atoms with Crippen LogP contribution in [-0.2, 0) is 0 Å². The fourth-order valence-corrected chi connectivity index (χ4v) is 2.50. The Morgan fingerprint density at radius 2 is 2.00 bits per heavy atom. The van der Waals surface area contributed by atoms with E-state index in [-0.39, 0.29) is 0 Å². The van der Waals surface area contributed by atoms with Gasteiger partial charge in [-0.15, -0.1) is 0 Å². The van der Waals surface area contributed by atoms with Crippen molar-refractivity contribution in [2.75, 3.05) is 7.11 Å². The number of carboxylic acid groups (broad SMARTS) is 1. The molecule has 0 saturated carbocycles. The Bertz CT molecular complexity index is 833. The molecule has 0 spiro atoms. The van der Waals surface area contributed by atoms with E-state index >= 15 is 0 Å². The zero-order valence-electron chi connectivity index (χ0n) is 11.8. The van der Waals surface area contributed by atoms with Crippen LogP contribution in [0, 0.1) is 6.92 Å². The molecule has 1 N–H and O–H groups in total. The van der Waals surface area contributed by atoms with E-state index in [1.807, 2.05) is 48.0 Å². The Labute approximate surface area is 122 Å². The maximum absolute atomic E-state index is 11.1. The highest BCUT2D eigenvalue weighted by atomic mass is 16.5. The van der Waals surface area contributed by atoms with Gasteiger partial charge in [-0.1, -0.05) is 6.07 Å². The summed E-state index contributed by atoms with van der Waals surface area (Å²) >= 11 is 0. The third kappa shape index (κ3) is 2.25. The summed E-state index contributed by atoms with van der Waals surface area (Å²) in [5.41, 5.74) is 3.30. The van der Waals surface area contributed by atoms with Crippen LogP contribution >= 0.6 is 0 Å². The molecule has 106 valence electrons. The second-order valence-electron chi connectivity index (χ2n) is 4.92. The van der Waals surface area contributed by atoms with Gasteiger partial charge in [0.15, 0.2) is 0 Å². The van der Waals surface area contributed by atoms with E-state index in [1.165, 1.54) is 0 Å². The van der Waals surface area contributed by atoms with Crippen molar-refractivity contribution >= 4 is 16.9 Å². The number of ether oxygens (including phenoxy) is 1. The molecular weight excluding hydrogens is 266 g/mol. The molecule has 0 unspecified atom stereocenters. The number of aromatic nitrogens is 1. The largest absolute Gasteiger partial charge is 0.497 e. The van der Waals surface area contributed by atoms with E-state index in [1.54, 1.807) is 19.2 Å². The maximum atomic E-state index is 11.1. The van der Waals surface area contributed by atoms with Gasteiger partial charge in [-0.3, -0.25) is 0 Å². The van der Waals surface area contributed by atoms with Gasteiger partial charge in [0.1, 0.15) is 5.75 Å². The monoisotopic (exact) mass is 281 g/mol. The van der Waals surface area contributed by atoms with Crippen LogP contribution in [0.4, 0.5) is 0 Å². The predicted octanol–water partition coefficient (Wildman–Crippen LogP) is 3.65. The molecular formula is C17H15NO3. The van der Waals surface area contributed by atoms with E-state index in [0.717, 1.165) is 27.9 Å². The number of hydrogen-bond acceptors (Lipinski definition) is 2. The van der Waals surface area contributed by atoms with Crippen molar-refractivity contribution in [3.63, 3.8) is 0 Å². The third-order valence-electron chi connectivity index (χ3n) is 3.58. The van der Waals surface area contributed by atoms with Crippen molar-refractivity contribution in [2.45, 2.75) is 6.92 Å². The van der Waals surface area contributed by atoms with Crippen LogP contribution in [0.15, 0.2) is 48.7 Å². The van der Waals surface area contributed by atoms with E-state index in [2.05, 4.69) is 0 Å². The number of aromatic carboxylic acids is 1. The highest BCUT2D eigenvalue weighted by molar-refractivity contribution is 5.95. The van der Waals surface area contributed by atoms with Gasteiger partial charge in [0.05, 0.1) is 18.2 Å². The summed E-state index contributed by atoms with van der Waals surface area (Å²) in [7, 11) is 1.64. The van der Waals surface area contributed by atoms with Crippen molar-refractivity contribution in [3.05, 3.63) is 59.8 Å². The van der Waals surface area contributed by atoms with Crippen LogP contribution in [0.3, 0.4) is 0 Å². The Hall–Kier alpha value is -2.75. The molecule has 4 nitrogen and oxygen atoms in total. The lowest BCUT2D eigenvalue weighted by atomic mass is 10.1. The Morgan fingerprint density at radius 1 is 1.19 bits per heavy atom. The average Bonchev–Trinajstić information content (AvgIpc) is 2.84. The number of aryl methyl sites for hydroxylation is 1. The average molecular weight is 281 g/mol. The first kappa shape index (κ1) is 13.2.